The quantitative estimate of drug-likeness (QED) is 0.571. The minimum atomic E-state index is -3.56. The fourth-order valence-electron chi connectivity index (χ4n) is 3.64. The molecule has 0 saturated carbocycles. The van der Waals surface area contributed by atoms with Crippen molar-refractivity contribution in [2.24, 2.45) is 5.92 Å². The van der Waals surface area contributed by atoms with Crippen molar-refractivity contribution in [2.45, 2.75) is 37.5 Å². The second-order valence-corrected chi connectivity index (χ2v) is 10.0. The fraction of sp³-hybridized carbons (Fsp3) is 0.435. The van der Waals surface area contributed by atoms with Gasteiger partial charge in [0.2, 0.25) is 15.9 Å². The van der Waals surface area contributed by atoms with E-state index >= 15 is 0 Å². The molecule has 0 atom stereocenters. The number of benzene rings is 2. The molecule has 0 radical (unpaired) electrons. The average Bonchev–Trinajstić information content (AvgIpc) is 2.78. The number of carbonyl (C=O) groups excluding carboxylic acids is 1. The Morgan fingerprint density at radius 1 is 1.10 bits per heavy atom. The molecular weight excluding hydrogens is 436 g/mol. The molecule has 0 aromatic heterocycles. The number of nitrogens with zero attached hydrogens (tertiary/aromatic N) is 1. The summed E-state index contributed by atoms with van der Waals surface area (Å²) in [5.41, 5.74) is 1.28. The molecule has 3 rings (SSSR count). The number of ether oxygens (including phenoxy) is 1. The van der Waals surface area contributed by atoms with Crippen LogP contribution in [0.2, 0.25) is 5.02 Å². The summed E-state index contributed by atoms with van der Waals surface area (Å²) in [4.78, 5) is 12.7. The maximum atomic E-state index is 12.7. The highest BCUT2D eigenvalue weighted by molar-refractivity contribution is 7.89. The number of halogens is 1. The third-order valence-electron chi connectivity index (χ3n) is 5.41. The van der Waals surface area contributed by atoms with Gasteiger partial charge in [0.05, 0.1) is 11.4 Å². The van der Waals surface area contributed by atoms with E-state index in [4.69, 9.17) is 16.3 Å². The first-order chi connectivity index (χ1) is 14.9. The lowest BCUT2D eigenvalue weighted by atomic mass is 9.97. The van der Waals surface area contributed by atoms with Crippen LogP contribution in [0.3, 0.4) is 0 Å². The Labute approximate surface area is 189 Å². The van der Waals surface area contributed by atoms with Crippen LogP contribution < -0.4 is 10.1 Å². The summed E-state index contributed by atoms with van der Waals surface area (Å²) >= 11 is 5.84. The molecule has 1 saturated heterocycles. The molecule has 31 heavy (non-hydrogen) atoms. The number of rotatable bonds is 9. The molecule has 6 nitrogen and oxygen atoms in total. The Kier molecular flexibility index (Phi) is 8.35. The highest BCUT2D eigenvalue weighted by atomic mass is 35.5. The van der Waals surface area contributed by atoms with E-state index in [1.807, 2.05) is 12.1 Å². The molecule has 8 heteroatoms. The van der Waals surface area contributed by atoms with E-state index in [2.05, 4.69) is 24.4 Å². The highest BCUT2D eigenvalue weighted by Crippen LogP contribution is 2.25. The van der Waals surface area contributed by atoms with Gasteiger partial charge >= 0.3 is 0 Å². The van der Waals surface area contributed by atoms with Gasteiger partial charge in [0, 0.05) is 24.0 Å². The highest BCUT2D eigenvalue weighted by Gasteiger charge is 2.31. The lowest BCUT2D eigenvalue weighted by Gasteiger charge is -2.30. The molecule has 2 aromatic carbocycles. The molecule has 1 amide bonds. The van der Waals surface area contributed by atoms with Crippen LogP contribution in [0, 0.1) is 5.92 Å². The van der Waals surface area contributed by atoms with E-state index < -0.39 is 10.0 Å². The van der Waals surface area contributed by atoms with Crippen LogP contribution in [0.1, 0.15) is 31.7 Å². The van der Waals surface area contributed by atoms with E-state index in [9.17, 15) is 13.2 Å². The number of piperidine rings is 1. The van der Waals surface area contributed by atoms with Crippen molar-refractivity contribution in [2.75, 3.05) is 26.2 Å². The Bertz CT molecular complexity index is 954. The number of hydrogen-bond acceptors (Lipinski definition) is 4. The standard InChI is InChI=1S/C23H29ClN2O4S/c1-2-3-18-4-8-21(9-5-18)30-17-14-25-23(27)19-12-15-26(16-13-19)31(28,29)22-10-6-20(24)7-11-22/h4-11,19H,2-3,12-17H2,1H3,(H,25,27). The summed E-state index contributed by atoms with van der Waals surface area (Å²) in [7, 11) is -3.56. The van der Waals surface area contributed by atoms with Crippen molar-refractivity contribution < 1.29 is 17.9 Å². The summed E-state index contributed by atoms with van der Waals surface area (Å²) in [5, 5.41) is 3.39. The summed E-state index contributed by atoms with van der Waals surface area (Å²) in [6, 6.07) is 14.2. The SMILES string of the molecule is CCCc1ccc(OCCNC(=O)C2CCN(S(=O)(=O)c3ccc(Cl)cc3)CC2)cc1. The molecule has 168 valence electrons. The molecule has 0 bridgehead atoms. The van der Waals surface area contributed by atoms with Gasteiger partial charge in [0.1, 0.15) is 12.4 Å². The van der Waals surface area contributed by atoms with E-state index in [0.29, 0.717) is 44.1 Å². The van der Waals surface area contributed by atoms with E-state index in [1.54, 1.807) is 12.1 Å². The van der Waals surface area contributed by atoms with Crippen LogP contribution in [0.25, 0.3) is 0 Å². The maximum absolute atomic E-state index is 12.7. The normalized spacial score (nSPS) is 15.5. The van der Waals surface area contributed by atoms with Gasteiger partial charge in [0.25, 0.3) is 0 Å². The molecule has 1 aliphatic rings. The van der Waals surface area contributed by atoms with E-state index in [-0.39, 0.29) is 16.7 Å². The van der Waals surface area contributed by atoms with Crippen LogP contribution in [-0.2, 0) is 21.2 Å². The van der Waals surface area contributed by atoms with E-state index in [1.165, 1.54) is 22.0 Å². The largest absolute Gasteiger partial charge is 0.492 e. The van der Waals surface area contributed by atoms with Crippen LogP contribution in [0.5, 0.6) is 5.75 Å². The lowest BCUT2D eigenvalue weighted by Crippen LogP contribution is -2.43. The van der Waals surface area contributed by atoms with Gasteiger partial charge in [-0.15, -0.1) is 0 Å². The van der Waals surface area contributed by atoms with Crippen LogP contribution in [0.15, 0.2) is 53.4 Å². The molecule has 2 aromatic rings. The fourth-order valence-corrected chi connectivity index (χ4v) is 5.24. The lowest BCUT2D eigenvalue weighted by molar-refractivity contribution is -0.126. The predicted octanol–water partition coefficient (Wildman–Crippen LogP) is 3.89. The van der Waals surface area contributed by atoms with Gasteiger partial charge in [-0.1, -0.05) is 37.1 Å². The van der Waals surface area contributed by atoms with Crippen molar-refractivity contribution >= 4 is 27.5 Å². The Morgan fingerprint density at radius 3 is 2.35 bits per heavy atom. The van der Waals surface area contributed by atoms with Crippen molar-refractivity contribution in [1.29, 1.82) is 0 Å². The second kappa shape index (κ2) is 11.0. The van der Waals surface area contributed by atoms with Gasteiger partial charge in [0.15, 0.2) is 0 Å². The monoisotopic (exact) mass is 464 g/mol. The number of amides is 1. The molecule has 1 aliphatic heterocycles. The zero-order valence-corrected chi connectivity index (χ0v) is 19.3. The number of hydrogen-bond donors (Lipinski definition) is 1. The molecular formula is C23H29ClN2O4S. The van der Waals surface area contributed by atoms with Gasteiger partial charge in [-0.2, -0.15) is 4.31 Å². The van der Waals surface area contributed by atoms with Crippen LogP contribution in [-0.4, -0.2) is 44.9 Å². The summed E-state index contributed by atoms with van der Waals surface area (Å²) in [6.45, 7) is 3.60. The maximum Gasteiger partial charge on any atom is 0.243 e. The van der Waals surface area contributed by atoms with Gasteiger partial charge in [-0.3, -0.25) is 4.79 Å². The zero-order valence-electron chi connectivity index (χ0n) is 17.7. The smallest absolute Gasteiger partial charge is 0.243 e. The van der Waals surface area contributed by atoms with E-state index in [0.717, 1.165) is 18.6 Å². The van der Waals surface area contributed by atoms with Crippen molar-refractivity contribution in [3.8, 4) is 5.75 Å². The van der Waals surface area contributed by atoms with Gasteiger partial charge in [-0.05, 0) is 61.2 Å². The molecule has 1 fully saturated rings. The minimum Gasteiger partial charge on any atom is -0.492 e. The molecule has 1 heterocycles. The topological polar surface area (TPSA) is 75.7 Å². The third-order valence-corrected chi connectivity index (χ3v) is 7.57. The van der Waals surface area contributed by atoms with Crippen LogP contribution in [0.4, 0.5) is 0 Å². The van der Waals surface area contributed by atoms with Crippen LogP contribution >= 0.6 is 11.6 Å². The van der Waals surface area contributed by atoms with Crippen molar-refractivity contribution in [3.63, 3.8) is 0 Å². The molecule has 1 N–H and O–H groups in total. The first-order valence-electron chi connectivity index (χ1n) is 10.7. The third kappa shape index (κ3) is 6.45. The second-order valence-electron chi connectivity index (χ2n) is 7.67. The minimum absolute atomic E-state index is 0.0505. The average molecular weight is 465 g/mol. The van der Waals surface area contributed by atoms with Gasteiger partial charge < -0.3 is 10.1 Å². The molecule has 0 unspecified atom stereocenters. The summed E-state index contributed by atoms with van der Waals surface area (Å²) < 4.78 is 32.6. The summed E-state index contributed by atoms with van der Waals surface area (Å²) in [6.07, 6.45) is 3.16. The number of sulfonamides is 1. The number of nitrogens with one attached hydrogen (secondary N) is 1. The summed E-state index contributed by atoms with van der Waals surface area (Å²) in [5.74, 6) is 0.547. The first-order valence-corrected chi connectivity index (χ1v) is 12.5. The van der Waals surface area contributed by atoms with Gasteiger partial charge in [-0.25, -0.2) is 8.42 Å². The first kappa shape index (κ1) is 23.6. The van der Waals surface area contributed by atoms with Crippen molar-refractivity contribution in [1.82, 2.24) is 9.62 Å². The zero-order chi connectivity index (χ0) is 22.3. The Balaban J connectivity index is 1.40. The Morgan fingerprint density at radius 2 is 1.74 bits per heavy atom. The molecule has 0 spiro atoms. The predicted molar refractivity (Wildman–Crippen MR) is 122 cm³/mol. The number of aryl methyl sites for hydroxylation is 1. The van der Waals surface area contributed by atoms with Crippen molar-refractivity contribution in [3.05, 3.63) is 59.1 Å². The Hall–Kier alpha value is -2.09. The molecule has 0 aliphatic carbocycles. The number of carbonyl (C=O) groups is 1.